The smallest absolute Gasteiger partial charge is 0.350 e. The van der Waals surface area contributed by atoms with Crippen molar-refractivity contribution in [3.63, 3.8) is 0 Å². The summed E-state index contributed by atoms with van der Waals surface area (Å²) in [6, 6.07) is 5.53. The van der Waals surface area contributed by atoms with Crippen LogP contribution in [-0.4, -0.2) is 6.03 Å². The van der Waals surface area contributed by atoms with Crippen LogP contribution in [0.15, 0.2) is 34.9 Å². The number of carbonyl (C=O) groups excluding carboxylic acids is 1. The lowest BCUT2D eigenvalue weighted by Gasteiger charge is -2.20. The predicted molar refractivity (Wildman–Crippen MR) is 85.4 cm³/mol. The average molecular weight is 316 g/mol. The number of carbonyl (C=O) groups is 1. The minimum Gasteiger partial charge on any atom is -0.465 e. The van der Waals surface area contributed by atoms with E-state index in [1.165, 1.54) is 12.1 Å². The Morgan fingerprint density at radius 1 is 1.39 bits per heavy atom. The van der Waals surface area contributed by atoms with Crippen LogP contribution in [0.4, 0.5) is 14.9 Å². The Labute approximate surface area is 132 Å². The molecule has 0 aliphatic heterocycles. The molecule has 2 aromatic rings. The first-order chi connectivity index (χ1) is 11.1. The molecule has 6 nitrogen and oxygen atoms in total. The molecule has 0 radical (unpaired) electrons. The summed E-state index contributed by atoms with van der Waals surface area (Å²) < 4.78 is 19.2. The maximum absolute atomic E-state index is 13.9. The van der Waals surface area contributed by atoms with Crippen LogP contribution in [0.3, 0.4) is 0 Å². The number of hydrogen-bond acceptors (Lipinski definition) is 4. The Bertz CT molecular complexity index is 739. The first kappa shape index (κ1) is 15.3. The number of hydrazine groups is 2. The standard InChI is InChI=1S/C16H17FN4O2/c17-11-8-14(10-3-4-10)13(6-5-12-2-1-7-23-12)15(9-11)21(19)16(22)20-18/h1-2,5-10H,3-4,18-19H2,(H,20,22)/b6-5+. The van der Waals surface area contributed by atoms with E-state index >= 15 is 0 Å². The van der Waals surface area contributed by atoms with Crippen molar-refractivity contribution in [1.82, 2.24) is 5.43 Å². The van der Waals surface area contributed by atoms with Gasteiger partial charge in [-0.05, 0) is 60.7 Å². The van der Waals surface area contributed by atoms with Crippen molar-refractivity contribution in [2.45, 2.75) is 18.8 Å². The number of nitrogens with zero attached hydrogens (tertiary/aromatic N) is 1. The third-order valence-corrected chi connectivity index (χ3v) is 3.73. The van der Waals surface area contributed by atoms with Crippen molar-refractivity contribution in [2.75, 3.05) is 5.01 Å². The molecule has 0 bridgehead atoms. The lowest BCUT2D eigenvalue weighted by atomic mass is 10.00. The van der Waals surface area contributed by atoms with Gasteiger partial charge >= 0.3 is 6.03 Å². The Kier molecular flexibility index (Phi) is 4.14. The van der Waals surface area contributed by atoms with Crippen LogP contribution in [0.5, 0.6) is 0 Å². The number of urea groups is 1. The summed E-state index contributed by atoms with van der Waals surface area (Å²) in [7, 11) is 0. The number of anilines is 1. The summed E-state index contributed by atoms with van der Waals surface area (Å²) in [5.41, 5.74) is 3.69. The lowest BCUT2D eigenvalue weighted by molar-refractivity contribution is 0.246. The molecule has 3 rings (SSSR count). The van der Waals surface area contributed by atoms with E-state index in [9.17, 15) is 9.18 Å². The molecule has 7 heteroatoms. The SMILES string of the molecule is NNC(=O)N(N)c1cc(F)cc(C2CC2)c1/C=C/c1ccco1. The number of nitrogens with one attached hydrogen (secondary N) is 1. The number of halogens is 1. The fourth-order valence-corrected chi connectivity index (χ4v) is 2.47. The van der Waals surface area contributed by atoms with E-state index in [-0.39, 0.29) is 11.6 Å². The van der Waals surface area contributed by atoms with Gasteiger partial charge in [-0.1, -0.05) is 0 Å². The number of rotatable bonds is 4. The first-order valence-corrected chi connectivity index (χ1v) is 7.20. The van der Waals surface area contributed by atoms with Gasteiger partial charge in [-0.2, -0.15) is 0 Å². The summed E-state index contributed by atoms with van der Waals surface area (Å²) >= 11 is 0. The zero-order valence-corrected chi connectivity index (χ0v) is 12.3. The number of hydrogen-bond donors (Lipinski definition) is 3. The largest absolute Gasteiger partial charge is 0.465 e. The van der Waals surface area contributed by atoms with Crippen LogP contribution in [0.25, 0.3) is 12.2 Å². The van der Waals surface area contributed by atoms with Gasteiger partial charge in [0.25, 0.3) is 0 Å². The highest BCUT2D eigenvalue weighted by Gasteiger charge is 2.29. The molecule has 0 unspecified atom stereocenters. The highest BCUT2D eigenvalue weighted by atomic mass is 19.1. The van der Waals surface area contributed by atoms with Gasteiger partial charge in [0.15, 0.2) is 0 Å². The molecule has 1 aliphatic carbocycles. The molecule has 1 fully saturated rings. The van der Waals surface area contributed by atoms with Crippen LogP contribution < -0.4 is 22.1 Å². The molecule has 1 saturated carbocycles. The maximum Gasteiger partial charge on any atom is 0.350 e. The Hall–Kier alpha value is -2.64. The summed E-state index contributed by atoms with van der Waals surface area (Å²) in [4.78, 5) is 11.7. The van der Waals surface area contributed by atoms with Gasteiger partial charge in [0.1, 0.15) is 11.6 Å². The van der Waals surface area contributed by atoms with Crippen molar-refractivity contribution in [2.24, 2.45) is 11.7 Å². The van der Waals surface area contributed by atoms with Gasteiger partial charge < -0.3 is 4.42 Å². The molecule has 0 spiro atoms. The fourth-order valence-electron chi connectivity index (χ4n) is 2.47. The lowest BCUT2D eigenvalue weighted by Crippen LogP contribution is -2.48. The fraction of sp³-hybridized carbons (Fsp3) is 0.188. The van der Waals surface area contributed by atoms with Crippen molar-refractivity contribution in [3.05, 3.63) is 53.2 Å². The molecule has 1 aromatic heterocycles. The molecule has 5 N–H and O–H groups in total. The van der Waals surface area contributed by atoms with E-state index in [4.69, 9.17) is 16.1 Å². The summed E-state index contributed by atoms with van der Waals surface area (Å²) in [6.07, 6.45) is 7.04. The van der Waals surface area contributed by atoms with E-state index < -0.39 is 11.8 Å². The van der Waals surface area contributed by atoms with Gasteiger partial charge in [0, 0.05) is 5.56 Å². The van der Waals surface area contributed by atoms with Crippen molar-refractivity contribution < 1.29 is 13.6 Å². The molecule has 120 valence electrons. The number of furan rings is 1. The summed E-state index contributed by atoms with van der Waals surface area (Å²) in [5, 5.41) is 0.802. The van der Waals surface area contributed by atoms with E-state index in [0.29, 0.717) is 11.3 Å². The predicted octanol–water partition coefficient (Wildman–Crippen LogP) is 2.73. The number of benzene rings is 1. The highest BCUT2D eigenvalue weighted by molar-refractivity contribution is 5.94. The molecular weight excluding hydrogens is 299 g/mol. The Morgan fingerprint density at radius 2 is 2.17 bits per heavy atom. The van der Waals surface area contributed by atoms with Crippen LogP contribution >= 0.6 is 0 Å². The zero-order valence-electron chi connectivity index (χ0n) is 12.3. The number of amides is 2. The van der Waals surface area contributed by atoms with Crippen LogP contribution in [-0.2, 0) is 0 Å². The Balaban J connectivity index is 2.07. The molecule has 1 heterocycles. The normalized spacial score (nSPS) is 14.2. The molecule has 1 aliphatic rings. The maximum atomic E-state index is 13.9. The molecule has 2 amide bonds. The van der Waals surface area contributed by atoms with E-state index in [2.05, 4.69) is 0 Å². The second-order valence-corrected chi connectivity index (χ2v) is 5.37. The zero-order chi connectivity index (χ0) is 16.4. The van der Waals surface area contributed by atoms with Crippen LogP contribution in [0.1, 0.15) is 35.6 Å². The molecule has 23 heavy (non-hydrogen) atoms. The third kappa shape index (κ3) is 3.25. The van der Waals surface area contributed by atoms with E-state index in [0.717, 1.165) is 23.4 Å². The summed E-state index contributed by atoms with van der Waals surface area (Å²) in [6.45, 7) is 0. The molecule has 1 aromatic carbocycles. The molecule has 0 saturated heterocycles. The minimum atomic E-state index is -0.731. The summed E-state index contributed by atoms with van der Waals surface area (Å²) in [5.74, 6) is 11.4. The Morgan fingerprint density at radius 3 is 2.78 bits per heavy atom. The van der Waals surface area contributed by atoms with Gasteiger partial charge in [0.2, 0.25) is 0 Å². The average Bonchev–Trinajstić information content (AvgIpc) is 3.27. The van der Waals surface area contributed by atoms with Crippen LogP contribution in [0, 0.1) is 5.82 Å². The first-order valence-electron chi connectivity index (χ1n) is 7.20. The van der Waals surface area contributed by atoms with Crippen molar-refractivity contribution in [1.29, 1.82) is 0 Å². The van der Waals surface area contributed by atoms with Gasteiger partial charge in [-0.25, -0.2) is 25.9 Å². The van der Waals surface area contributed by atoms with Gasteiger partial charge in [-0.15, -0.1) is 0 Å². The number of nitrogens with two attached hydrogens (primary N) is 2. The van der Waals surface area contributed by atoms with Crippen molar-refractivity contribution in [3.8, 4) is 0 Å². The van der Waals surface area contributed by atoms with E-state index in [1.54, 1.807) is 30.5 Å². The second-order valence-electron chi connectivity index (χ2n) is 5.37. The van der Waals surface area contributed by atoms with E-state index in [1.807, 2.05) is 5.43 Å². The second kappa shape index (κ2) is 6.23. The van der Waals surface area contributed by atoms with Gasteiger partial charge in [0.05, 0.1) is 12.0 Å². The minimum absolute atomic E-state index is 0.248. The van der Waals surface area contributed by atoms with Crippen molar-refractivity contribution >= 4 is 23.9 Å². The molecular formula is C16H17FN4O2. The quantitative estimate of drug-likeness (QED) is 0.459. The third-order valence-electron chi connectivity index (χ3n) is 3.73. The van der Waals surface area contributed by atoms with Crippen LogP contribution in [0.2, 0.25) is 0 Å². The highest BCUT2D eigenvalue weighted by Crippen LogP contribution is 2.44. The van der Waals surface area contributed by atoms with Gasteiger partial charge in [-0.3, -0.25) is 5.43 Å². The monoisotopic (exact) mass is 316 g/mol. The topological polar surface area (TPSA) is 97.5 Å². The molecule has 0 atom stereocenters.